The summed E-state index contributed by atoms with van der Waals surface area (Å²) in [6.07, 6.45) is 1.00. The molecule has 4 atom stereocenters. The molecular formula is C12H12N5Na2O7P. The summed E-state index contributed by atoms with van der Waals surface area (Å²) in [5, 5.41) is 20.2. The molecule has 0 saturated carbocycles. The number of phosphoric ester groups is 1. The van der Waals surface area contributed by atoms with Crippen LogP contribution in [0.4, 0.5) is 0 Å². The summed E-state index contributed by atoms with van der Waals surface area (Å²) in [6, 6.07) is 0. The van der Waals surface area contributed by atoms with E-state index in [1.54, 1.807) is 16.8 Å². The summed E-state index contributed by atoms with van der Waals surface area (Å²) >= 11 is 0. The van der Waals surface area contributed by atoms with Crippen molar-refractivity contribution in [2.24, 2.45) is 0 Å². The van der Waals surface area contributed by atoms with E-state index in [1.165, 1.54) is 17.2 Å². The van der Waals surface area contributed by atoms with Gasteiger partial charge in [0.2, 0.25) is 0 Å². The van der Waals surface area contributed by atoms with Crippen molar-refractivity contribution in [3.05, 3.63) is 25.0 Å². The number of hydrogen-bond acceptors (Lipinski definition) is 10. The van der Waals surface area contributed by atoms with E-state index in [4.69, 9.17) is 4.74 Å². The molecule has 3 aromatic heterocycles. The van der Waals surface area contributed by atoms with E-state index < -0.39 is 39.0 Å². The molecule has 15 heteroatoms. The van der Waals surface area contributed by atoms with Crippen molar-refractivity contribution in [2.75, 3.05) is 6.61 Å². The van der Waals surface area contributed by atoms with Crippen LogP contribution in [0.25, 0.3) is 16.8 Å². The van der Waals surface area contributed by atoms with Crippen LogP contribution in [0.2, 0.25) is 0 Å². The topological polar surface area (TPSA) is 170 Å². The van der Waals surface area contributed by atoms with Crippen molar-refractivity contribution < 1.29 is 92.9 Å². The summed E-state index contributed by atoms with van der Waals surface area (Å²) in [7, 11) is -5.22. The first-order valence-corrected chi connectivity index (χ1v) is 8.63. The Hall–Kier alpha value is 0.0800. The largest absolute Gasteiger partial charge is 1.00 e. The summed E-state index contributed by atoms with van der Waals surface area (Å²) in [5.41, 5.74) is 1.37. The number of hydrogen-bond donors (Lipinski definition) is 2. The average molecular weight is 415 g/mol. The number of aromatic nitrogens is 5. The standard InChI is InChI=1S/C12H14N5O7P.2Na/c18-8-6(3-23-25(20,21)22)24-12(9(8)19)17-5-14-7-10-13-1-2-16(10)4-15-11(7)17;;/h1-2,4-6,8-9,12,18-19H,3H2,(H2,20,21,22);;/q;2*+1/p-2/t6-,8-,9-,12-;;/m1../s1. The predicted octanol–water partition coefficient (Wildman–Crippen LogP) is -8.45. The Kier molecular flexibility index (Phi) is 7.65. The number of phosphoric acid groups is 1. The van der Waals surface area contributed by atoms with Crippen molar-refractivity contribution >= 4 is 24.6 Å². The molecule has 134 valence electrons. The molecule has 4 heterocycles. The van der Waals surface area contributed by atoms with Crippen LogP contribution in [0.3, 0.4) is 0 Å². The number of aliphatic hydroxyl groups is 2. The molecule has 3 aromatic rings. The number of nitrogens with zero attached hydrogens (tertiary/aromatic N) is 5. The van der Waals surface area contributed by atoms with Crippen LogP contribution in [-0.2, 0) is 13.8 Å². The Bertz CT molecular complexity index is 978. The molecular weight excluding hydrogens is 403 g/mol. The fourth-order valence-corrected chi connectivity index (χ4v) is 3.12. The first kappa shape index (κ1) is 23.4. The van der Waals surface area contributed by atoms with Crippen LogP contribution < -0.4 is 68.9 Å². The third-order valence-electron chi connectivity index (χ3n) is 3.96. The van der Waals surface area contributed by atoms with Gasteiger partial charge in [0.1, 0.15) is 24.6 Å². The molecule has 0 spiro atoms. The molecule has 2 N–H and O–H groups in total. The van der Waals surface area contributed by atoms with Crippen LogP contribution in [0.15, 0.2) is 25.0 Å². The van der Waals surface area contributed by atoms with Crippen LogP contribution in [0, 0.1) is 0 Å². The molecule has 0 aromatic carbocycles. The molecule has 27 heavy (non-hydrogen) atoms. The van der Waals surface area contributed by atoms with E-state index in [-0.39, 0.29) is 59.1 Å². The molecule has 0 unspecified atom stereocenters. The van der Waals surface area contributed by atoms with Gasteiger partial charge in [-0.25, -0.2) is 15.0 Å². The van der Waals surface area contributed by atoms with Crippen molar-refractivity contribution in [3.8, 4) is 0 Å². The van der Waals surface area contributed by atoms with Gasteiger partial charge < -0.3 is 33.8 Å². The zero-order chi connectivity index (χ0) is 17.8. The van der Waals surface area contributed by atoms with Gasteiger partial charge in [-0.3, -0.25) is 8.97 Å². The SMILES string of the molecule is O=P([O-])([O-])OC[C@H]1O[C@@H](n2cnc3c2ncn2ccnc32)[C@H](O)[C@@H]1O.[Na+].[Na+]. The van der Waals surface area contributed by atoms with Gasteiger partial charge in [-0.15, -0.1) is 0 Å². The fourth-order valence-electron chi connectivity index (χ4n) is 2.79. The molecule has 0 bridgehead atoms. The van der Waals surface area contributed by atoms with Crippen molar-refractivity contribution in [2.45, 2.75) is 24.5 Å². The number of ether oxygens (including phenoxy) is 1. The quantitative estimate of drug-likeness (QED) is 0.308. The third kappa shape index (κ3) is 4.48. The average Bonchev–Trinajstić information content (AvgIpc) is 3.23. The van der Waals surface area contributed by atoms with Crippen LogP contribution in [0.5, 0.6) is 0 Å². The molecule has 0 aliphatic carbocycles. The van der Waals surface area contributed by atoms with Gasteiger partial charge in [0.25, 0.3) is 0 Å². The van der Waals surface area contributed by atoms with Gasteiger partial charge in [0.15, 0.2) is 23.0 Å². The zero-order valence-electron chi connectivity index (χ0n) is 14.4. The molecule has 1 fully saturated rings. The van der Waals surface area contributed by atoms with E-state index in [0.717, 1.165) is 0 Å². The van der Waals surface area contributed by atoms with E-state index >= 15 is 0 Å². The first-order chi connectivity index (χ1) is 11.8. The molecule has 12 nitrogen and oxygen atoms in total. The normalized spacial score (nSPS) is 25.5. The number of imidazole rings is 2. The van der Waals surface area contributed by atoms with Crippen LogP contribution in [0.1, 0.15) is 6.23 Å². The van der Waals surface area contributed by atoms with Gasteiger partial charge in [0.05, 0.1) is 20.8 Å². The minimum Gasteiger partial charge on any atom is -0.790 e. The van der Waals surface area contributed by atoms with Crippen molar-refractivity contribution in [1.29, 1.82) is 0 Å². The Labute approximate surface area is 196 Å². The van der Waals surface area contributed by atoms with Crippen LogP contribution in [-0.4, -0.2) is 59.1 Å². The maximum Gasteiger partial charge on any atom is 1.00 e. The van der Waals surface area contributed by atoms with Gasteiger partial charge in [-0.2, -0.15) is 0 Å². The number of rotatable bonds is 4. The second-order valence-electron chi connectivity index (χ2n) is 5.52. The summed E-state index contributed by atoms with van der Waals surface area (Å²) < 4.78 is 23.2. The van der Waals surface area contributed by atoms with Crippen molar-refractivity contribution in [3.63, 3.8) is 0 Å². The second kappa shape index (κ2) is 8.84. The molecule has 1 aliphatic rings. The summed E-state index contributed by atoms with van der Waals surface area (Å²) in [4.78, 5) is 33.8. The molecule has 0 amide bonds. The Morgan fingerprint density at radius 1 is 1.15 bits per heavy atom. The number of fused-ring (bicyclic) bond motifs is 3. The smallest absolute Gasteiger partial charge is 0.790 e. The minimum absolute atomic E-state index is 0. The zero-order valence-corrected chi connectivity index (χ0v) is 19.3. The van der Waals surface area contributed by atoms with Gasteiger partial charge >= 0.3 is 59.1 Å². The van der Waals surface area contributed by atoms with Crippen molar-refractivity contribution in [1.82, 2.24) is 23.9 Å². The first-order valence-electron chi connectivity index (χ1n) is 7.17. The minimum atomic E-state index is -5.22. The van der Waals surface area contributed by atoms with Gasteiger partial charge in [-0.1, -0.05) is 0 Å². The summed E-state index contributed by atoms with van der Waals surface area (Å²) in [5.74, 6) is 0. The van der Waals surface area contributed by atoms with E-state index in [1.807, 2.05) is 0 Å². The van der Waals surface area contributed by atoms with E-state index in [2.05, 4.69) is 19.5 Å². The second-order valence-corrected chi connectivity index (χ2v) is 6.67. The maximum atomic E-state index is 10.6. The Morgan fingerprint density at radius 2 is 1.89 bits per heavy atom. The van der Waals surface area contributed by atoms with Gasteiger partial charge in [-0.05, 0) is 0 Å². The maximum absolute atomic E-state index is 10.6. The summed E-state index contributed by atoms with van der Waals surface area (Å²) in [6.45, 7) is -0.705. The Morgan fingerprint density at radius 3 is 2.59 bits per heavy atom. The molecule has 1 saturated heterocycles. The molecule has 4 rings (SSSR count). The predicted molar refractivity (Wildman–Crippen MR) is 75.8 cm³/mol. The van der Waals surface area contributed by atoms with E-state index in [0.29, 0.717) is 16.8 Å². The van der Waals surface area contributed by atoms with Crippen LogP contribution >= 0.6 is 7.82 Å². The van der Waals surface area contributed by atoms with E-state index in [9.17, 15) is 24.6 Å². The molecule has 1 aliphatic heterocycles. The number of aliphatic hydroxyl groups excluding tert-OH is 2. The van der Waals surface area contributed by atoms with Gasteiger partial charge in [0, 0.05) is 12.4 Å². The Balaban J connectivity index is 0.00000131. The molecule has 0 radical (unpaired) electrons. The monoisotopic (exact) mass is 415 g/mol. The fraction of sp³-hybridized carbons (Fsp3) is 0.417. The third-order valence-corrected chi connectivity index (χ3v) is 4.43.